The van der Waals surface area contributed by atoms with Crippen LogP contribution in [-0.4, -0.2) is 44.2 Å². The van der Waals surface area contributed by atoms with Gasteiger partial charge in [-0.05, 0) is 56.1 Å². The summed E-state index contributed by atoms with van der Waals surface area (Å²) in [6, 6.07) is 7.68. The van der Waals surface area contributed by atoms with Crippen LogP contribution in [0.3, 0.4) is 0 Å². The maximum Gasteiger partial charge on any atom is 0.0397 e. The van der Waals surface area contributed by atoms with Crippen molar-refractivity contribution >= 4 is 5.69 Å². The van der Waals surface area contributed by atoms with Gasteiger partial charge in [0.05, 0.1) is 0 Å². The molecule has 1 saturated heterocycles. The van der Waals surface area contributed by atoms with Gasteiger partial charge in [0.2, 0.25) is 0 Å². The van der Waals surface area contributed by atoms with Crippen LogP contribution in [0.4, 0.5) is 5.69 Å². The number of hydrogen-bond donors (Lipinski definition) is 1. The molecule has 1 N–H and O–H groups in total. The second-order valence-electron chi connectivity index (χ2n) is 6.22. The summed E-state index contributed by atoms with van der Waals surface area (Å²) in [5.74, 6) is 0. The van der Waals surface area contributed by atoms with Gasteiger partial charge in [-0.2, -0.15) is 0 Å². The number of likely N-dealkylation sites (N-methyl/N-ethyl adjacent to an activating group) is 1. The van der Waals surface area contributed by atoms with Gasteiger partial charge in [-0.25, -0.2) is 0 Å². The van der Waals surface area contributed by atoms with Gasteiger partial charge in [-0.3, -0.25) is 0 Å². The molecule has 0 aromatic heterocycles. The van der Waals surface area contributed by atoms with E-state index in [1.807, 2.05) is 0 Å². The molecule has 0 unspecified atom stereocenters. The van der Waals surface area contributed by atoms with Crippen molar-refractivity contribution in [2.75, 3.05) is 38.1 Å². The number of likely N-dealkylation sites (tertiary alicyclic amines) is 1. The maximum absolute atomic E-state index is 3.74. The first-order chi connectivity index (χ1) is 9.76. The highest BCUT2D eigenvalue weighted by Gasteiger charge is 2.18. The fourth-order valence-electron chi connectivity index (χ4n) is 3.45. The Bertz CT molecular complexity index is 450. The molecular formula is C17H27N3. The summed E-state index contributed by atoms with van der Waals surface area (Å²) in [4.78, 5) is 4.90. The fraction of sp³-hybridized carbons (Fsp3) is 0.647. The Morgan fingerprint density at radius 2 is 2.00 bits per heavy atom. The third-order valence-electron chi connectivity index (χ3n) is 4.90. The predicted octanol–water partition coefficient (Wildman–Crippen LogP) is 2.25. The Kier molecular flexibility index (Phi) is 4.27. The summed E-state index contributed by atoms with van der Waals surface area (Å²) in [6.45, 7) is 8.15. The molecule has 3 heteroatoms. The number of piperidine rings is 1. The van der Waals surface area contributed by atoms with Crippen molar-refractivity contribution in [1.29, 1.82) is 0 Å². The molecule has 1 aromatic rings. The summed E-state index contributed by atoms with van der Waals surface area (Å²) < 4.78 is 0. The quantitative estimate of drug-likeness (QED) is 0.908. The minimum Gasteiger partial charge on any atom is -0.374 e. The smallest absolute Gasteiger partial charge is 0.0397 e. The van der Waals surface area contributed by atoms with Gasteiger partial charge in [0.15, 0.2) is 0 Å². The molecule has 0 amide bonds. The van der Waals surface area contributed by atoms with Gasteiger partial charge in [-0.15, -0.1) is 0 Å². The first-order valence-corrected chi connectivity index (χ1v) is 8.05. The zero-order chi connectivity index (χ0) is 13.9. The summed E-state index contributed by atoms with van der Waals surface area (Å²) in [6.07, 6.45) is 3.79. The molecule has 0 radical (unpaired) electrons. The van der Waals surface area contributed by atoms with Crippen LogP contribution in [0.1, 0.15) is 30.9 Å². The lowest BCUT2D eigenvalue weighted by atomic mass is 10.0. The van der Waals surface area contributed by atoms with Gasteiger partial charge >= 0.3 is 0 Å². The first-order valence-electron chi connectivity index (χ1n) is 8.05. The highest BCUT2D eigenvalue weighted by molar-refractivity contribution is 5.58. The van der Waals surface area contributed by atoms with Crippen molar-refractivity contribution in [3.8, 4) is 0 Å². The molecule has 2 aliphatic heterocycles. The van der Waals surface area contributed by atoms with E-state index in [-0.39, 0.29) is 0 Å². The molecule has 0 aliphatic carbocycles. The zero-order valence-corrected chi connectivity index (χ0v) is 12.9. The van der Waals surface area contributed by atoms with Gasteiger partial charge in [0.25, 0.3) is 0 Å². The summed E-state index contributed by atoms with van der Waals surface area (Å²) in [5, 5.41) is 3.74. The van der Waals surface area contributed by atoms with Crippen LogP contribution in [0.15, 0.2) is 18.2 Å². The second-order valence-corrected chi connectivity index (χ2v) is 6.22. The van der Waals surface area contributed by atoms with Crippen molar-refractivity contribution in [1.82, 2.24) is 10.2 Å². The molecule has 0 atom stereocenters. The van der Waals surface area contributed by atoms with Crippen molar-refractivity contribution in [2.45, 2.75) is 38.8 Å². The van der Waals surface area contributed by atoms with Crippen molar-refractivity contribution in [3.05, 3.63) is 29.3 Å². The van der Waals surface area contributed by atoms with Gasteiger partial charge < -0.3 is 15.1 Å². The highest BCUT2D eigenvalue weighted by atomic mass is 15.1. The fourth-order valence-corrected chi connectivity index (χ4v) is 3.45. The standard InChI is InChI=1S/C17H27N3/c1-3-20-10-7-16(8-11-20)18-13-14-4-5-17-15(12-14)6-9-19(17)2/h4-5,12,16,18H,3,6-11,13H2,1-2H3. The second kappa shape index (κ2) is 6.15. The monoisotopic (exact) mass is 273 g/mol. The van der Waals surface area contributed by atoms with Gasteiger partial charge in [-0.1, -0.05) is 19.1 Å². The molecule has 20 heavy (non-hydrogen) atoms. The Balaban J connectivity index is 1.52. The molecular weight excluding hydrogens is 246 g/mol. The van der Waals surface area contributed by atoms with E-state index in [0.29, 0.717) is 6.04 Å². The molecule has 2 aliphatic rings. The lowest BCUT2D eigenvalue weighted by molar-refractivity contribution is 0.206. The van der Waals surface area contributed by atoms with Crippen LogP contribution >= 0.6 is 0 Å². The molecule has 3 rings (SSSR count). The van der Waals surface area contributed by atoms with E-state index in [9.17, 15) is 0 Å². The van der Waals surface area contributed by atoms with Crippen LogP contribution in [0, 0.1) is 0 Å². The van der Waals surface area contributed by atoms with E-state index in [2.05, 4.69) is 47.3 Å². The minimum atomic E-state index is 0.703. The first kappa shape index (κ1) is 13.9. The summed E-state index contributed by atoms with van der Waals surface area (Å²) in [7, 11) is 2.19. The minimum absolute atomic E-state index is 0.703. The van der Waals surface area contributed by atoms with Crippen LogP contribution in [0.2, 0.25) is 0 Å². The van der Waals surface area contributed by atoms with Crippen LogP contribution in [0.25, 0.3) is 0 Å². The van der Waals surface area contributed by atoms with E-state index in [0.717, 1.165) is 6.54 Å². The number of nitrogens with one attached hydrogen (secondary N) is 1. The number of hydrogen-bond acceptors (Lipinski definition) is 3. The molecule has 0 bridgehead atoms. The summed E-state index contributed by atoms with van der Waals surface area (Å²) >= 11 is 0. The largest absolute Gasteiger partial charge is 0.374 e. The zero-order valence-electron chi connectivity index (χ0n) is 12.9. The highest BCUT2D eigenvalue weighted by Crippen LogP contribution is 2.27. The normalized spacial score (nSPS) is 20.4. The Hall–Kier alpha value is -1.06. The molecule has 0 spiro atoms. The third kappa shape index (κ3) is 2.99. The molecule has 1 aromatic carbocycles. The van der Waals surface area contributed by atoms with E-state index in [1.54, 1.807) is 0 Å². The number of nitrogens with zero attached hydrogens (tertiary/aromatic N) is 2. The predicted molar refractivity (Wildman–Crippen MR) is 85.4 cm³/mol. The molecule has 2 heterocycles. The lowest BCUT2D eigenvalue weighted by Gasteiger charge is -2.31. The van der Waals surface area contributed by atoms with Crippen molar-refractivity contribution in [2.24, 2.45) is 0 Å². The van der Waals surface area contributed by atoms with Crippen LogP contribution in [0.5, 0.6) is 0 Å². The van der Waals surface area contributed by atoms with E-state index >= 15 is 0 Å². The Morgan fingerprint density at radius 3 is 2.75 bits per heavy atom. The lowest BCUT2D eigenvalue weighted by Crippen LogP contribution is -2.42. The average Bonchev–Trinajstić information content (AvgIpc) is 2.87. The van der Waals surface area contributed by atoms with E-state index < -0.39 is 0 Å². The Labute approximate surface area is 123 Å². The van der Waals surface area contributed by atoms with Gasteiger partial charge in [0.1, 0.15) is 0 Å². The SMILES string of the molecule is CCN1CCC(NCc2ccc3c(c2)CCN3C)CC1. The Morgan fingerprint density at radius 1 is 1.20 bits per heavy atom. The van der Waals surface area contributed by atoms with Gasteiger partial charge in [0, 0.05) is 31.9 Å². The number of fused-ring (bicyclic) bond motifs is 1. The summed E-state index contributed by atoms with van der Waals surface area (Å²) in [5.41, 5.74) is 4.38. The third-order valence-corrected chi connectivity index (χ3v) is 4.90. The maximum atomic E-state index is 3.74. The molecule has 110 valence electrons. The number of rotatable bonds is 4. The van der Waals surface area contributed by atoms with E-state index in [1.165, 1.54) is 62.3 Å². The topological polar surface area (TPSA) is 18.5 Å². The van der Waals surface area contributed by atoms with E-state index in [4.69, 9.17) is 0 Å². The van der Waals surface area contributed by atoms with Crippen LogP contribution < -0.4 is 10.2 Å². The number of anilines is 1. The van der Waals surface area contributed by atoms with Crippen LogP contribution in [-0.2, 0) is 13.0 Å². The molecule has 1 fully saturated rings. The average molecular weight is 273 g/mol. The molecule has 0 saturated carbocycles. The number of benzene rings is 1. The van der Waals surface area contributed by atoms with Crippen molar-refractivity contribution in [3.63, 3.8) is 0 Å². The van der Waals surface area contributed by atoms with Crippen molar-refractivity contribution < 1.29 is 0 Å². The molecule has 3 nitrogen and oxygen atoms in total.